The Balaban J connectivity index is 2.86. The molecule has 0 aliphatic heterocycles. The Bertz CT molecular complexity index is 514. The molecule has 0 saturated heterocycles. The van der Waals surface area contributed by atoms with Crippen LogP contribution in [0.1, 0.15) is 20.3 Å². The molecule has 0 aromatic heterocycles. The number of anilines is 1. The summed E-state index contributed by atoms with van der Waals surface area (Å²) in [5.41, 5.74) is 6.61. The monoisotopic (exact) mass is 285 g/mol. The van der Waals surface area contributed by atoms with Crippen LogP contribution in [0, 0.1) is 5.92 Å². The molecular formula is C13H23N3O2S. The van der Waals surface area contributed by atoms with E-state index in [9.17, 15) is 8.42 Å². The van der Waals surface area contributed by atoms with Crippen molar-refractivity contribution in [3.63, 3.8) is 0 Å². The van der Waals surface area contributed by atoms with Crippen molar-refractivity contribution in [2.45, 2.75) is 31.2 Å². The van der Waals surface area contributed by atoms with E-state index in [0.717, 1.165) is 6.42 Å². The summed E-state index contributed by atoms with van der Waals surface area (Å²) in [6.45, 7) is 4.83. The maximum absolute atomic E-state index is 11.5. The first-order valence-electron chi connectivity index (χ1n) is 6.32. The van der Waals surface area contributed by atoms with E-state index < -0.39 is 10.0 Å². The Morgan fingerprint density at radius 2 is 1.84 bits per heavy atom. The van der Waals surface area contributed by atoms with E-state index in [-0.39, 0.29) is 10.9 Å². The minimum Gasteiger partial charge on any atom is -0.373 e. The van der Waals surface area contributed by atoms with Crippen LogP contribution in [0.5, 0.6) is 0 Å². The molecule has 0 radical (unpaired) electrons. The lowest BCUT2D eigenvalue weighted by atomic mass is 10.0. The average Bonchev–Trinajstić information content (AvgIpc) is 2.34. The number of hydrogen-bond acceptors (Lipinski definition) is 4. The maximum atomic E-state index is 11.5. The van der Waals surface area contributed by atoms with Gasteiger partial charge in [0.15, 0.2) is 0 Å². The Labute approximate surface area is 115 Å². The predicted molar refractivity (Wildman–Crippen MR) is 78.5 cm³/mol. The smallest absolute Gasteiger partial charge is 0.240 e. The highest BCUT2D eigenvalue weighted by molar-refractivity contribution is 7.89. The molecule has 1 aromatic carbocycles. The molecule has 0 aliphatic carbocycles. The van der Waals surface area contributed by atoms with Crippen LogP contribution in [0.25, 0.3) is 0 Å². The molecule has 5 nitrogen and oxygen atoms in total. The van der Waals surface area contributed by atoms with Crippen LogP contribution >= 0.6 is 0 Å². The summed E-state index contributed by atoms with van der Waals surface area (Å²) in [5.74, 6) is 0.405. The summed E-state index contributed by atoms with van der Waals surface area (Å²) in [6, 6.07) is 6.83. The largest absolute Gasteiger partial charge is 0.373 e. The summed E-state index contributed by atoms with van der Waals surface area (Å²) in [7, 11) is -1.86. The zero-order valence-electron chi connectivity index (χ0n) is 11.7. The molecule has 1 aromatic rings. The molecule has 0 amide bonds. The standard InChI is InChI=1S/C13H23N3O2S/c1-10(2)11(14)8-9-16(3)12-6-4-5-7-13(12)19(15,17)18/h4-7,10-11H,8-9,14H2,1-3H3,(H2,15,17,18). The highest BCUT2D eigenvalue weighted by Gasteiger charge is 2.17. The summed E-state index contributed by atoms with van der Waals surface area (Å²) in [4.78, 5) is 2.03. The Hall–Kier alpha value is -1.11. The highest BCUT2D eigenvalue weighted by atomic mass is 32.2. The first-order valence-corrected chi connectivity index (χ1v) is 7.86. The molecule has 6 heteroatoms. The molecule has 108 valence electrons. The number of hydrogen-bond donors (Lipinski definition) is 2. The lowest BCUT2D eigenvalue weighted by molar-refractivity contribution is 0.466. The zero-order valence-corrected chi connectivity index (χ0v) is 12.5. The minimum absolute atomic E-state index is 0.101. The minimum atomic E-state index is -3.71. The quantitative estimate of drug-likeness (QED) is 0.820. The van der Waals surface area contributed by atoms with Crippen molar-refractivity contribution in [3.8, 4) is 0 Å². The molecule has 0 aliphatic rings. The van der Waals surface area contributed by atoms with E-state index in [4.69, 9.17) is 10.9 Å². The number of rotatable bonds is 6. The van der Waals surface area contributed by atoms with Crippen LogP contribution in [0.3, 0.4) is 0 Å². The van der Waals surface area contributed by atoms with Crippen LogP contribution in [-0.2, 0) is 10.0 Å². The number of primary sulfonamides is 1. The predicted octanol–water partition coefficient (Wildman–Crippen LogP) is 1.14. The van der Waals surface area contributed by atoms with Gasteiger partial charge >= 0.3 is 0 Å². The van der Waals surface area contributed by atoms with Crippen LogP contribution in [0.4, 0.5) is 5.69 Å². The van der Waals surface area contributed by atoms with Gasteiger partial charge in [-0.2, -0.15) is 0 Å². The van der Waals surface area contributed by atoms with Crippen molar-refractivity contribution in [2.24, 2.45) is 16.8 Å². The second kappa shape index (κ2) is 6.36. The highest BCUT2D eigenvalue weighted by Crippen LogP contribution is 2.23. The number of benzene rings is 1. The molecule has 0 heterocycles. The maximum Gasteiger partial charge on any atom is 0.240 e. The van der Waals surface area contributed by atoms with Crippen LogP contribution in [0.15, 0.2) is 29.2 Å². The van der Waals surface area contributed by atoms with Crippen molar-refractivity contribution in [2.75, 3.05) is 18.5 Å². The Morgan fingerprint density at radius 3 is 2.37 bits per heavy atom. The molecule has 0 bridgehead atoms. The van der Waals surface area contributed by atoms with Crippen molar-refractivity contribution in [1.29, 1.82) is 0 Å². The van der Waals surface area contributed by atoms with Gasteiger partial charge in [0.05, 0.1) is 5.69 Å². The number of nitrogens with two attached hydrogens (primary N) is 2. The van der Waals surface area contributed by atoms with Gasteiger partial charge in [0.1, 0.15) is 4.90 Å². The van der Waals surface area contributed by atoms with E-state index in [2.05, 4.69) is 13.8 Å². The summed E-state index contributed by atoms with van der Waals surface area (Å²) in [6.07, 6.45) is 0.799. The summed E-state index contributed by atoms with van der Waals surface area (Å²) < 4.78 is 23.1. The number of nitrogens with zero attached hydrogens (tertiary/aromatic N) is 1. The lowest BCUT2D eigenvalue weighted by Crippen LogP contribution is -2.32. The number of para-hydroxylation sites is 1. The number of sulfonamides is 1. The van der Waals surface area contributed by atoms with Gasteiger partial charge in [0.2, 0.25) is 10.0 Å². The molecule has 4 N–H and O–H groups in total. The first kappa shape index (κ1) is 15.9. The fraction of sp³-hybridized carbons (Fsp3) is 0.538. The van der Waals surface area contributed by atoms with Gasteiger partial charge in [-0.05, 0) is 24.5 Å². The fourth-order valence-corrected chi connectivity index (χ4v) is 2.59. The fourth-order valence-electron chi connectivity index (χ4n) is 1.81. The summed E-state index contributed by atoms with van der Waals surface area (Å²) in [5, 5.41) is 5.22. The van der Waals surface area contributed by atoms with Crippen molar-refractivity contribution in [1.82, 2.24) is 0 Å². The lowest BCUT2D eigenvalue weighted by Gasteiger charge is -2.24. The topological polar surface area (TPSA) is 89.4 Å². The molecule has 0 fully saturated rings. The third kappa shape index (κ3) is 4.49. The van der Waals surface area contributed by atoms with Gasteiger partial charge < -0.3 is 10.6 Å². The van der Waals surface area contributed by atoms with Crippen LogP contribution in [-0.4, -0.2) is 28.1 Å². The van der Waals surface area contributed by atoms with Gasteiger partial charge in [0, 0.05) is 19.6 Å². The average molecular weight is 285 g/mol. The third-order valence-corrected chi connectivity index (χ3v) is 4.20. The van der Waals surface area contributed by atoms with Gasteiger partial charge in [-0.25, -0.2) is 13.6 Å². The van der Waals surface area contributed by atoms with Gasteiger partial charge in [-0.1, -0.05) is 26.0 Å². The van der Waals surface area contributed by atoms with E-state index >= 15 is 0 Å². The van der Waals surface area contributed by atoms with Crippen molar-refractivity contribution in [3.05, 3.63) is 24.3 Å². The van der Waals surface area contributed by atoms with Gasteiger partial charge in [-0.3, -0.25) is 0 Å². The molecule has 1 unspecified atom stereocenters. The molecule has 1 atom stereocenters. The Kier molecular flexibility index (Phi) is 5.34. The molecule has 19 heavy (non-hydrogen) atoms. The van der Waals surface area contributed by atoms with E-state index in [1.165, 1.54) is 6.07 Å². The van der Waals surface area contributed by atoms with Crippen molar-refractivity contribution < 1.29 is 8.42 Å². The van der Waals surface area contributed by atoms with Gasteiger partial charge in [0.25, 0.3) is 0 Å². The van der Waals surface area contributed by atoms with Crippen LogP contribution in [0.2, 0.25) is 0 Å². The zero-order chi connectivity index (χ0) is 14.6. The molecular weight excluding hydrogens is 262 g/mol. The Morgan fingerprint density at radius 1 is 1.26 bits per heavy atom. The molecule has 0 saturated carbocycles. The SMILES string of the molecule is CC(C)C(N)CCN(C)c1ccccc1S(N)(=O)=O. The van der Waals surface area contributed by atoms with E-state index in [0.29, 0.717) is 18.2 Å². The third-order valence-electron chi connectivity index (χ3n) is 3.24. The summed E-state index contributed by atoms with van der Waals surface area (Å²) >= 11 is 0. The van der Waals surface area contributed by atoms with E-state index in [1.54, 1.807) is 18.2 Å². The first-order chi connectivity index (χ1) is 8.73. The molecule has 1 rings (SSSR count). The normalized spacial score (nSPS) is 13.6. The van der Waals surface area contributed by atoms with Gasteiger partial charge in [-0.15, -0.1) is 0 Å². The van der Waals surface area contributed by atoms with Crippen molar-refractivity contribution >= 4 is 15.7 Å². The molecule has 0 spiro atoms. The van der Waals surface area contributed by atoms with E-state index in [1.807, 2.05) is 11.9 Å². The van der Waals surface area contributed by atoms with Crippen LogP contribution < -0.4 is 15.8 Å². The second-order valence-corrected chi connectivity index (χ2v) is 6.66. The second-order valence-electron chi connectivity index (χ2n) is 5.13.